The molecule has 1 saturated carbocycles. The highest BCUT2D eigenvalue weighted by Crippen LogP contribution is 2.30. The topological polar surface area (TPSA) is 126 Å². The van der Waals surface area contributed by atoms with E-state index in [-0.39, 0.29) is 47.1 Å². The molecule has 1 unspecified atom stereocenters. The van der Waals surface area contributed by atoms with E-state index in [1.165, 1.54) is 4.57 Å². The number of benzene rings is 1. The zero-order valence-corrected chi connectivity index (χ0v) is 23.6. The molecular formula is C29H40N6O5. The molecule has 1 aromatic heterocycles. The van der Waals surface area contributed by atoms with Crippen molar-refractivity contribution >= 4 is 34.4 Å². The van der Waals surface area contributed by atoms with Crippen LogP contribution in [0.2, 0.25) is 0 Å². The standard InChI is InChI=1S/C29H40N6O5/c1-18(2)35-25-9-8-22(15-24(25)27(38)34(29(35)40)16-20-6-7-20)31-28(39)33-12-4-5-23(17-33)30-26(37)21-10-13-32(14-11-21)19(3)36/h8-9,15,18,20-21,23H,4-7,10-14,16-17H2,1-3H3,(H,30,37)(H,31,39). The lowest BCUT2D eigenvalue weighted by Gasteiger charge is -2.35. The molecule has 216 valence electrons. The van der Waals surface area contributed by atoms with E-state index in [2.05, 4.69) is 10.6 Å². The molecule has 3 aliphatic rings. The van der Waals surface area contributed by atoms with Gasteiger partial charge in [0.2, 0.25) is 11.8 Å². The molecule has 1 atom stereocenters. The highest BCUT2D eigenvalue weighted by atomic mass is 16.2. The van der Waals surface area contributed by atoms with Gasteiger partial charge in [-0.1, -0.05) is 0 Å². The van der Waals surface area contributed by atoms with Crippen molar-refractivity contribution in [1.82, 2.24) is 24.3 Å². The number of urea groups is 1. The van der Waals surface area contributed by atoms with Crippen LogP contribution in [0.1, 0.15) is 65.3 Å². The lowest BCUT2D eigenvalue weighted by molar-refractivity contribution is -0.134. The van der Waals surface area contributed by atoms with Crippen LogP contribution < -0.4 is 21.9 Å². The van der Waals surface area contributed by atoms with E-state index < -0.39 is 0 Å². The normalized spacial score (nSPS) is 20.1. The van der Waals surface area contributed by atoms with Crippen molar-refractivity contribution in [3.63, 3.8) is 0 Å². The molecule has 3 fully saturated rings. The van der Waals surface area contributed by atoms with E-state index in [1.54, 1.807) is 39.5 Å². The number of aromatic nitrogens is 2. The smallest absolute Gasteiger partial charge is 0.331 e. The minimum Gasteiger partial charge on any atom is -0.351 e. The molecule has 0 bridgehead atoms. The maximum absolute atomic E-state index is 13.3. The summed E-state index contributed by atoms with van der Waals surface area (Å²) in [6, 6.07) is 4.57. The number of nitrogens with one attached hydrogen (secondary N) is 2. The number of hydrogen-bond acceptors (Lipinski definition) is 5. The maximum Gasteiger partial charge on any atom is 0.331 e. The van der Waals surface area contributed by atoms with Crippen molar-refractivity contribution in [1.29, 1.82) is 0 Å². The van der Waals surface area contributed by atoms with Crippen LogP contribution in [0.3, 0.4) is 0 Å². The van der Waals surface area contributed by atoms with Crippen molar-refractivity contribution in [2.45, 2.75) is 77.9 Å². The number of nitrogens with zero attached hydrogens (tertiary/aromatic N) is 4. The summed E-state index contributed by atoms with van der Waals surface area (Å²) in [5.74, 6) is 0.276. The van der Waals surface area contributed by atoms with Crippen molar-refractivity contribution < 1.29 is 14.4 Å². The minimum atomic E-state index is -0.324. The molecule has 11 heteroatoms. The largest absolute Gasteiger partial charge is 0.351 e. The van der Waals surface area contributed by atoms with Crippen LogP contribution in [0, 0.1) is 11.8 Å². The minimum absolute atomic E-state index is 0.0105. The Morgan fingerprint density at radius 3 is 2.35 bits per heavy atom. The average Bonchev–Trinajstić information content (AvgIpc) is 3.76. The van der Waals surface area contributed by atoms with Gasteiger partial charge < -0.3 is 20.4 Å². The van der Waals surface area contributed by atoms with E-state index >= 15 is 0 Å². The number of rotatable bonds is 6. The van der Waals surface area contributed by atoms with Crippen LogP contribution in [-0.2, 0) is 16.1 Å². The Morgan fingerprint density at radius 2 is 1.70 bits per heavy atom. The molecule has 2 aromatic rings. The Kier molecular flexibility index (Phi) is 8.00. The Balaban J connectivity index is 1.26. The summed E-state index contributed by atoms with van der Waals surface area (Å²) in [6.45, 7) is 7.98. The van der Waals surface area contributed by atoms with Crippen molar-refractivity contribution in [2.75, 3.05) is 31.5 Å². The molecule has 0 radical (unpaired) electrons. The first-order valence-corrected chi connectivity index (χ1v) is 14.5. The zero-order valence-electron chi connectivity index (χ0n) is 23.6. The molecule has 0 spiro atoms. The number of fused-ring (bicyclic) bond motifs is 1. The number of piperidine rings is 2. The highest BCUT2D eigenvalue weighted by Gasteiger charge is 2.30. The molecule has 1 aliphatic carbocycles. The third-order valence-corrected chi connectivity index (χ3v) is 8.44. The predicted octanol–water partition coefficient (Wildman–Crippen LogP) is 2.53. The number of likely N-dealkylation sites (tertiary alicyclic amines) is 2. The monoisotopic (exact) mass is 552 g/mol. The van der Waals surface area contributed by atoms with Crippen LogP contribution in [0.4, 0.5) is 10.5 Å². The number of carbonyl (C=O) groups excluding carboxylic acids is 3. The molecule has 2 aliphatic heterocycles. The summed E-state index contributed by atoms with van der Waals surface area (Å²) >= 11 is 0. The molecule has 40 heavy (non-hydrogen) atoms. The molecule has 3 heterocycles. The molecule has 4 amide bonds. The zero-order chi connectivity index (χ0) is 28.6. The van der Waals surface area contributed by atoms with Gasteiger partial charge in [0.15, 0.2) is 0 Å². The fraction of sp³-hybridized carbons (Fsp3) is 0.621. The van der Waals surface area contributed by atoms with E-state index in [9.17, 15) is 24.0 Å². The van der Waals surface area contributed by atoms with E-state index in [4.69, 9.17) is 0 Å². The summed E-state index contributed by atoms with van der Waals surface area (Å²) < 4.78 is 2.99. The SMILES string of the molecule is CC(=O)N1CCC(C(=O)NC2CCCN(C(=O)Nc3ccc4c(c3)c(=O)n(CC3CC3)c(=O)n4C(C)C)C2)CC1. The average molecular weight is 553 g/mol. The maximum atomic E-state index is 13.3. The van der Waals surface area contributed by atoms with Gasteiger partial charge >= 0.3 is 11.7 Å². The van der Waals surface area contributed by atoms with E-state index in [0.717, 1.165) is 25.7 Å². The number of amides is 4. The molecule has 11 nitrogen and oxygen atoms in total. The molecule has 2 N–H and O–H groups in total. The first-order chi connectivity index (χ1) is 19.1. The van der Waals surface area contributed by atoms with Crippen molar-refractivity contribution in [3.05, 3.63) is 39.0 Å². The number of anilines is 1. The lowest BCUT2D eigenvalue weighted by atomic mass is 9.95. The van der Waals surface area contributed by atoms with Gasteiger partial charge in [0, 0.05) is 63.3 Å². The first kappa shape index (κ1) is 27.9. The van der Waals surface area contributed by atoms with Crippen molar-refractivity contribution in [2.24, 2.45) is 11.8 Å². The summed E-state index contributed by atoms with van der Waals surface area (Å²) in [5.41, 5.74) is 0.437. The van der Waals surface area contributed by atoms with Crippen LogP contribution in [-0.4, -0.2) is 69.0 Å². The van der Waals surface area contributed by atoms with Gasteiger partial charge in [-0.2, -0.15) is 0 Å². The third kappa shape index (κ3) is 5.93. The Bertz CT molecular complexity index is 1420. The van der Waals surface area contributed by atoms with Crippen LogP contribution in [0.25, 0.3) is 10.9 Å². The summed E-state index contributed by atoms with van der Waals surface area (Å²) in [6.07, 6.45) is 4.92. The quantitative estimate of drug-likeness (QED) is 0.570. The van der Waals surface area contributed by atoms with Gasteiger partial charge in [-0.25, -0.2) is 9.59 Å². The van der Waals surface area contributed by atoms with Crippen molar-refractivity contribution in [3.8, 4) is 0 Å². The molecule has 5 rings (SSSR count). The second-order valence-corrected chi connectivity index (χ2v) is 11.8. The number of carbonyl (C=O) groups is 3. The van der Waals surface area contributed by atoms with Crippen LogP contribution in [0.5, 0.6) is 0 Å². The predicted molar refractivity (Wildman–Crippen MR) is 152 cm³/mol. The lowest BCUT2D eigenvalue weighted by Crippen LogP contribution is -2.52. The van der Waals surface area contributed by atoms with Gasteiger partial charge in [0.05, 0.1) is 10.9 Å². The molecule has 1 aromatic carbocycles. The summed E-state index contributed by atoms with van der Waals surface area (Å²) in [4.78, 5) is 67.6. The summed E-state index contributed by atoms with van der Waals surface area (Å²) in [5, 5.41) is 6.45. The third-order valence-electron chi connectivity index (χ3n) is 8.44. The Labute approximate surface area is 233 Å². The molecular weight excluding hydrogens is 512 g/mol. The van der Waals surface area contributed by atoms with Gasteiger partial charge in [-0.05, 0) is 76.5 Å². The Hall–Kier alpha value is -3.63. The second-order valence-electron chi connectivity index (χ2n) is 11.8. The first-order valence-electron chi connectivity index (χ1n) is 14.5. The van der Waals surface area contributed by atoms with E-state index in [1.807, 2.05) is 13.8 Å². The van der Waals surface area contributed by atoms with Gasteiger partial charge in [0.25, 0.3) is 5.56 Å². The Morgan fingerprint density at radius 1 is 0.975 bits per heavy atom. The van der Waals surface area contributed by atoms with Gasteiger partial charge in [0.1, 0.15) is 0 Å². The molecule has 2 saturated heterocycles. The van der Waals surface area contributed by atoms with Gasteiger partial charge in [-0.3, -0.25) is 23.5 Å². The van der Waals surface area contributed by atoms with Crippen LogP contribution in [0.15, 0.2) is 27.8 Å². The van der Waals surface area contributed by atoms with E-state index in [0.29, 0.717) is 68.1 Å². The summed E-state index contributed by atoms with van der Waals surface area (Å²) in [7, 11) is 0. The van der Waals surface area contributed by atoms with Gasteiger partial charge in [-0.15, -0.1) is 0 Å². The number of hydrogen-bond donors (Lipinski definition) is 2. The highest BCUT2D eigenvalue weighted by molar-refractivity contribution is 5.92. The fourth-order valence-corrected chi connectivity index (χ4v) is 5.94. The van der Waals surface area contributed by atoms with Crippen LogP contribution >= 0.6 is 0 Å². The second kappa shape index (κ2) is 11.5. The fourth-order valence-electron chi connectivity index (χ4n) is 5.94.